The molecule has 0 aromatic carbocycles. The van der Waals surface area contributed by atoms with Crippen molar-refractivity contribution in [2.24, 2.45) is 0 Å². The molecule has 1 aliphatic carbocycles. The number of halogens is 4. The van der Waals surface area contributed by atoms with Crippen LogP contribution in [0.15, 0.2) is 11.6 Å². The van der Waals surface area contributed by atoms with Crippen LogP contribution in [0.1, 0.15) is 20.8 Å². The van der Waals surface area contributed by atoms with Crippen molar-refractivity contribution in [1.29, 1.82) is 0 Å². The third-order valence-corrected chi connectivity index (χ3v) is 2.76. The average Bonchev–Trinajstić information content (AvgIpc) is 2.00. The fourth-order valence-electron chi connectivity index (χ4n) is 1.42. The molecule has 0 aliphatic heterocycles. The zero-order valence-electron chi connectivity index (χ0n) is 7.74. The number of allylic oxidation sites excluding steroid dienone is 2. The van der Waals surface area contributed by atoms with Gasteiger partial charge >= 0.3 is 0 Å². The average molecular weight is 196 g/mol. The maximum atomic E-state index is 13.5. The lowest BCUT2D eigenvalue weighted by atomic mass is 9.75. The van der Waals surface area contributed by atoms with E-state index in [-0.39, 0.29) is 5.57 Å². The second kappa shape index (κ2) is 2.72. The van der Waals surface area contributed by atoms with Gasteiger partial charge in [0.2, 0.25) is 0 Å². The van der Waals surface area contributed by atoms with Crippen molar-refractivity contribution in [3.63, 3.8) is 0 Å². The third-order valence-electron chi connectivity index (χ3n) is 2.76. The molecule has 0 N–H and O–H groups in total. The molecule has 1 rings (SSSR count). The molecule has 0 saturated carbocycles. The minimum absolute atomic E-state index is 0.0902. The SMILES string of the molecule is CC1=C[C@@H](F)[C@](C)(F)[C@](C)(F)C1F. The normalized spacial score (nSPS) is 51.8. The van der Waals surface area contributed by atoms with E-state index >= 15 is 0 Å². The summed E-state index contributed by atoms with van der Waals surface area (Å²) < 4.78 is 53.1. The summed E-state index contributed by atoms with van der Waals surface area (Å²) in [7, 11) is 0. The van der Waals surface area contributed by atoms with Crippen molar-refractivity contribution in [3.05, 3.63) is 11.6 Å². The quantitative estimate of drug-likeness (QED) is 0.412. The van der Waals surface area contributed by atoms with Crippen LogP contribution in [-0.2, 0) is 0 Å². The molecule has 0 fully saturated rings. The van der Waals surface area contributed by atoms with Gasteiger partial charge in [0, 0.05) is 0 Å². The van der Waals surface area contributed by atoms with E-state index in [1.54, 1.807) is 0 Å². The molecule has 0 amide bonds. The molecule has 0 spiro atoms. The lowest BCUT2D eigenvalue weighted by Gasteiger charge is -2.41. The molecular formula is C9H12F4. The van der Waals surface area contributed by atoms with Crippen LogP contribution in [-0.4, -0.2) is 23.7 Å². The Labute approximate surface area is 74.6 Å². The van der Waals surface area contributed by atoms with Crippen LogP contribution in [0.3, 0.4) is 0 Å². The highest BCUT2D eigenvalue weighted by Gasteiger charge is 2.59. The summed E-state index contributed by atoms with van der Waals surface area (Å²) in [5, 5.41) is 0. The van der Waals surface area contributed by atoms with E-state index in [0.29, 0.717) is 0 Å². The Morgan fingerprint density at radius 2 is 1.62 bits per heavy atom. The molecule has 0 heterocycles. The molecule has 0 nitrogen and oxygen atoms in total. The first-order valence-electron chi connectivity index (χ1n) is 4.05. The van der Waals surface area contributed by atoms with Crippen molar-refractivity contribution < 1.29 is 17.6 Å². The van der Waals surface area contributed by atoms with Gasteiger partial charge in [0.1, 0.15) is 0 Å². The Hall–Kier alpha value is -0.540. The second-order valence-corrected chi connectivity index (χ2v) is 3.83. The first-order valence-corrected chi connectivity index (χ1v) is 4.05. The smallest absolute Gasteiger partial charge is 0.179 e. The molecule has 1 aliphatic rings. The molecule has 0 aromatic rings. The monoisotopic (exact) mass is 196 g/mol. The number of alkyl halides is 4. The van der Waals surface area contributed by atoms with Crippen LogP contribution < -0.4 is 0 Å². The molecular weight excluding hydrogens is 184 g/mol. The fraction of sp³-hybridized carbons (Fsp3) is 0.778. The lowest BCUT2D eigenvalue weighted by molar-refractivity contribution is -0.0961. The van der Waals surface area contributed by atoms with Gasteiger partial charge in [0.15, 0.2) is 23.7 Å². The maximum Gasteiger partial charge on any atom is 0.179 e. The summed E-state index contributed by atoms with van der Waals surface area (Å²) in [6.07, 6.45) is -3.37. The van der Waals surface area contributed by atoms with Crippen LogP contribution in [0.25, 0.3) is 0 Å². The molecule has 0 radical (unpaired) electrons. The van der Waals surface area contributed by atoms with E-state index < -0.39 is 23.7 Å². The predicted molar refractivity (Wildman–Crippen MR) is 42.6 cm³/mol. The van der Waals surface area contributed by atoms with Crippen LogP contribution >= 0.6 is 0 Å². The highest BCUT2D eigenvalue weighted by atomic mass is 19.2. The fourth-order valence-corrected chi connectivity index (χ4v) is 1.42. The summed E-state index contributed by atoms with van der Waals surface area (Å²) in [4.78, 5) is 0. The minimum Gasteiger partial charge on any atom is -0.239 e. The summed E-state index contributed by atoms with van der Waals surface area (Å²) >= 11 is 0. The summed E-state index contributed by atoms with van der Waals surface area (Å²) in [5.41, 5.74) is -5.69. The standard InChI is InChI=1S/C9H12F4/c1-5-4-6(10)8(2,12)9(3,13)7(5)11/h4,6-7H,1-3H3/t6-,7?,8+,9-/m1/s1. The zero-order valence-corrected chi connectivity index (χ0v) is 7.74. The summed E-state index contributed by atoms with van der Waals surface area (Å²) in [6, 6.07) is 0. The summed E-state index contributed by atoms with van der Waals surface area (Å²) in [6.45, 7) is 2.75. The van der Waals surface area contributed by atoms with E-state index in [4.69, 9.17) is 0 Å². The van der Waals surface area contributed by atoms with Crippen molar-refractivity contribution >= 4 is 0 Å². The molecule has 0 aromatic heterocycles. The Kier molecular flexibility index (Phi) is 2.21. The van der Waals surface area contributed by atoms with Crippen LogP contribution in [0.4, 0.5) is 17.6 Å². The molecule has 13 heavy (non-hydrogen) atoms. The molecule has 0 saturated heterocycles. The van der Waals surface area contributed by atoms with Crippen molar-refractivity contribution in [2.75, 3.05) is 0 Å². The predicted octanol–water partition coefficient (Wildman–Crippen LogP) is 3.08. The Balaban J connectivity index is 3.18. The van der Waals surface area contributed by atoms with Crippen LogP contribution in [0, 0.1) is 0 Å². The van der Waals surface area contributed by atoms with Gasteiger partial charge in [-0.1, -0.05) is 0 Å². The first kappa shape index (κ1) is 10.5. The first-order chi connectivity index (χ1) is 5.71. The second-order valence-electron chi connectivity index (χ2n) is 3.83. The van der Waals surface area contributed by atoms with Gasteiger partial charge in [-0.2, -0.15) is 0 Å². The molecule has 1 unspecified atom stereocenters. The van der Waals surface area contributed by atoms with E-state index in [9.17, 15) is 17.6 Å². The van der Waals surface area contributed by atoms with E-state index in [1.807, 2.05) is 0 Å². The number of hydrogen-bond donors (Lipinski definition) is 0. The highest BCUT2D eigenvalue weighted by Crippen LogP contribution is 2.45. The molecule has 4 atom stereocenters. The number of hydrogen-bond acceptors (Lipinski definition) is 0. The lowest BCUT2D eigenvalue weighted by Crippen LogP contribution is -2.58. The van der Waals surface area contributed by atoms with Gasteiger partial charge < -0.3 is 0 Å². The van der Waals surface area contributed by atoms with Gasteiger partial charge in [-0.3, -0.25) is 0 Å². The minimum atomic E-state index is -2.80. The van der Waals surface area contributed by atoms with Crippen molar-refractivity contribution in [3.8, 4) is 0 Å². The third kappa shape index (κ3) is 1.27. The van der Waals surface area contributed by atoms with Crippen LogP contribution in [0.2, 0.25) is 0 Å². The van der Waals surface area contributed by atoms with Gasteiger partial charge in [-0.25, -0.2) is 17.6 Å². The van der Waals surface area contributed by atoms with Gasteiger partial charge in [-0.05, 0) is 32.4 Å². The van der Waals surface area contributed by atoms with Crippen molar-refractivity contribution in [2.45, 2.75) is 44.5 Å². The Morgan fingerprint density at radius 3 is 2.08 bits per heavy atom. The topological polar surface area (TPSA) is 0 Å². The molecule has 4 heteroatoms. The molecule has 76 valence electrons. The van der Waals surface area contributed by atoms with Gasteiger partial charge in [-0.15, -0.1) is 0 Å². The summed E-state index contributed by atoms with van der Waals surface area (Å²) in [5.74, 6) is 0. The number of rotatable bonds is 0. The van der Waals surface area contributed by atoms with Gasteiger partial charge in [0.05, 0.1) is 0 Å². The van der Waals surface area contributed by atoms with E-state index in [1.165, 1.54) is 6.92 Å². The Morgan fingerprint density at radius 1 is 1.15 bits per heavy atom. The van der Waals surface area contributed by atoms with Crippen molar-refractivity contribution in [1.82, 2.24) is 0 Å². The van der Waals surface area contributed by atoms with Gasteiger partial charge in [0.25, 0.3) is 0 Å². The van der Waals surface area contributed by atoms with Crippen LogP contribution in [0.5, 0.6) is 0 Å². The zero-order chi connectivity index (χ0) is 10.4. The van der Waals surface area contributed by atoms with E-state index in [0.717, 1.165) is 19.9 Å². The largest absolute Gasteiger partial charge is 0.239 e. The van der Waals surface area contributed by atoms with E-state index in [2.05, 4.69) is 0 Å². The highest BCUT2D eigenvalue weighted by molar-refractivity contribution is 5.26. The molecule has 0 bridgehead atoms. The maximum absolute atomic E-state index is 13.5. The Bertz CT molecular complexity index is 242.